The van der Waals surface area contributed by atoms with Crippen molar-refractivity contribution in [2.24, 2.45) is 0 Å². The number of aliphatic hydroxyl groups excluding tert-OH is 2. The fourth-order valence-corrected chi connectivity index (χ4v) is 4.73. The zero-order valence-corrected chi connectivity index (χ0v) is 19.5. The number of anilines is 1. The van der Waals surface area contributed by atoms with Gasteiger partial charge in [0.25, 0.3) is 0 Å². The van der Waals surface area contributed by atoms with Crippen LogP contribution in [0.25, 0.3) is 28.0 Å². The van der Waals surface area contributed by atoms with E-state index in [1.807, 2.05) is 42.5 Å². The van der Waals surface area contributed by atoms with Gasteiger partial charge < -0.3 is 20.8 Å². The minimum absolute atomic E-state index is 0.114. The Hall–Kier alpha value is -4.15. The molecule has 4 aromatic rings. The number of hydrogen-bond acceptors (Lipinski definition) is 8. The third kappa shape index (κ3) is 4.21. The molecule has 184 valence electrons. The first kappa shape index (κ1) is 23.6. The monoisotopic (exact) mass is 486 g/mol. The quantitative estimate of drug-likeness (QED) is 0.350. The van der Waals surface area contributed by atoms with E-state index in [1.165, 1.54) is 4.52 Å². The van der Waals surface area contributed by atoms with Gasteiger partial charge in [-0.15, -0.1) is 0 Å². The van der Waals surface area contributed by atoms with Crippen molar-refractivity contribution in [3.8, 4) is 22.4 Å². The minimum Gasteiger partial charge on any atom is -0.388 e. The number of likely N-dealkylation sites (tertiary alicyclic amines) is 1. The van der Waals surface area contributed by atoms with Gasteiger partial charge in [-0.05, 0) is 18.9 Å². The molecule has 1 amide bonds. The van der Waals surface area contributed by atoms with Crippen molar-refractivity contribution in [3.63, 3.8) is 0 Å². The van der Waals surface area contributed by atoms with Crippen molar-refractivity contribution in [1.29, 1.82) is 0 Å². The van der Waals surface area contributed by atoms with Crippen LogP contribution in [0.1, 0.15) is 34.8 Å². The number of Topliss-reactive ketones (excluding diaryl/α,β-unsaturated/α-hetero) is 1. The van der Waals surface area contributed by atoms with Crippen LogP contribution >= 0.6 is 0 Å². The SMILES string of the molecule is Nc1c(C(=O)CO)c(C2CCN(C(=O)CO)CC2)nc2c(-c3ccc(-c4ccccc4)nc3)cnn12. The number of nitrogens with zero attached hydrogens (tertiary/aromatic N) is 5. The first-order chi connectivity index (χ1) is 17.5. The van der Waals surface area contributed by atoms with Crippen molar-refractivity contribution in [3.05, 3.63) is 66.1 Å². The highest BCUT2D eigenvalue weighted by atomic mass is 16.3. The summed E-state index contributed by atoms with van der Waals surface area (Å²) >= 11 is 0. The molecule has 4 heterocycles. The summed E-state index contributed by atoms with van der Waals surface area (Å²) < 4.78 is 1.41. The van der Waals surface area contributed by atoms with E-state index in [0.717, 1.165) is 16.8 Å². The largest absolute Gasteiger partial charge is 0.388 e. The number of piperidine rings is 1. The van der Waals surface area contributed by atoms with Gasteiger partial charge in [-0.2, -0.15) is 9.61 Å². The molecule has 1 fully saturated rings. The van der Waals surface area contributed by atoms with Gasteiger partial charge in [0.2, 0.25) is 5.91 Å². The molecule has 0 unspecified atom stereocenters. The molecule has 0 aliphatic carbocycles. The Bertz CT molecular complexity index is 1410. The van der Waals surface area contributed by atoms with Crippen molar-refractivity contribution < 1.29 is 19.8 Å². The summed E-state index contributed by atoms with van der Waals surface area (Å²) in [6.07, 6.45) is 4.49. The van der Waals surface area contributed by atoms with Crippen LogP contribution in [-0.2, 0) is 4.79 Å². The number of hydrogen-bond donors (Lipinski definition) is 3. The fraction of sp³-hybridized carbons (Fsp3) is 0.269. The maximum atomic E-state index is 12.7. The van der Waals surface area contributed by atoms with Gasteiger partial charge in [-0.25, -0.2) is 4.98 Å². The third-order valence-corrected chi connectivity index (χ3v) is 6.65. The lowest BCUT2D eigenvalue weighted by Gasteiger charge is -2.32. The zero-order valence-electron chi connectivity index (χ0n) is 19.5. The van der Waals surface area contributed by atoms with Gasteiger partial charge in [0.05, 0.1) is 23.1 Å². The van der Waals surface area contributed by atoms with Gasteiger partial charge in [-0.3, -0.25) is 14.6 Å². The average molecular weight is 487 g/mol. The summed E-state index contributed by atoms with van der Waals surface area (Å²) in [5, 5.41) is 23.1. The number of benzene rings is 1. The number of aliphatic hydroxyl groups is 2. The highest BCUT2D eigenvalue weighted by molar-refractivity contribution is 6.02. The summed E-state index contributed by atoms with van der Waals surface area (Å²) in [5.41, 5.74) is 10.9. The average Bonchev–Trinajstić information content (AvgIpc) is 3.37. The number of nitrogens with two attached hydrogens (primary N) is 1. The number of ketones is 1. The Morgan fingerprint density at radius 1 is 0.972 bits per heavy atom. The fourth-order valence-electron chi connectivity index (χ4n) is 4.73. The molecule has 1 aliphatic heterocycles. The molecule has 3 aromatic heterocycles. The summed E-state index contributed by atoms with van der Waals surface area (Å²) in [6.45, 7) is -0.376. The van der Waals surface area contributed by atoms with Crippen LogP contribution in [0.3, 0.4) is 0 Å². The highest BCUT2D eigenvalue weighted by Gasteiger charge is 2.30. The maximum Gasteiger partial charge on any atom is 0.248 e. The van der Waals surface area contributed by atoms with Crippen LogP contribution in [0.2, 0.25) is 0 Å². The Kier molecular flexibility index (Phi) is 6.45. The van der Waals surface area contributed by atoms with Crippen molar-refractivity contribution in [2.75, 3.05) is 32.0 Å². The molecule has 1 aliphatic rings. The van der Waals surface area contributed by atoms with Crippen molar-refractivity contribution >= 4 is 23.2 Å². The lowest BCUT2D eigenvalue weighted by Crippen LogP contribution is -2.39. The second-order valence-corrected chi connectivity index (χ2v) is 8.74. The minimum atomic E-state index is -0.703. The molecule has 5 rings (SSSR count). The van der Waals surface area contributed by atoms with Crippen LogP contribution in [0.15, 0.2) is 54.9 Å². The molecule has 0 spiro atoms. The number of fused-ring (bicyclic) bond motifs is 1. The molecule has 1 saturated heterocycles. The molecular formula is C26H26N6O4. The number of nitrogen functional groups attached to an aromatic ring is 1. The van der Waals surface area contributed by atoms with Crippen molar-refractivity contribution in [1.82, 2.24) is 24.5 Å². The van der Waals surface area contributed by atoms with E-state index in [4.69, 9.17) is 15.8 Å². The van der Waals surface area contributed by atoms with Gasteiger partial charge in [-0.1, -0.05) is 36.4 Å². The number of aromatic nitrogens is 4. The molecule has 0 radical (unpaired) electrons. The van der Waals surface area contributed by atoms with Gasteiger partial charge in [0, 0.05) is 41.9 Å². The zero-order chi connectivity index (χ0) is 25.2. The highest BCUT2D eigenvalue weighted by Crippen LogP contribution is 2.35. The Morgan fingerprint density at radius 2 is 1.72 bits per heavy atom. The predicted molar refractivity (Wildman–Crippen MR) is 133 cm³/mol. The molecule has 1 aromatic carbocycles. The van der Waals surface area contributed by atoms with Gasteiger partial charge >= 0.3 is 0 Å². The first-order valence-electron chi connectivity index (χ1n) is 11.7. The number of pyridine rings is 1. The number of rotatable bonds is 6. The topological polar surface area (TPSA) is 147 Å². The first-order valence-corrected chi connectivity index (χ1v) is 11.7. The van der Waals surface area contributed by atoms with E-state index < -0.39 is 19.0 Å². The van der Waals surface area contributed by atoms with Crippen molar-refractivity contribution in [2.45, 2.75) is 18.8 Å². The van der Waals surface area contributed by atoms with Crippen LogP contribution < -0.4 is 5.73 Å². The molecule has 10 nitrogen and oxygen atoms in total. The number of carbonyl (C=O) groups excluding carboxylic acids is 2. The summed E-state index contributed by atoms with van der Waals surface area (Å²) in [5.74, 6) is -0.890. The lowest BCUT2D eigenvalue weighted by molar-refractivity contribution is -0.135. The lowest BCUT2D eigenvalue weighted by atomic mass is 9.89. The Labute approximate surface area is 207 Å². The standard InChI is InChI=1S/C26H26N6O4/c27-25-23(21(35)14-33)24(17-8-10-31(11-9-17)22(36)15-34)30-26-19(13-29-32(25)26)18-6-7-20(28-12-18)16-4-2-1-3-5-16/h1-7,12-13,17,33-34H,8-11,14-15,27H2. The molecule has 0 atom stereocenters. The smallest absolute Gasteiger partial charge is 0.248 e. The van der Waals surface area contributed by atoms with Gasteiger partial charge in [0.15, 0.2) is 11.4 Å². The molecule has 0 saturated carbocycles. The van der Waals surface area contributed by atoms with E-state index in [0.29, 0.717) is 42.8 Å². The third-order valence-electron chi connectivity index (χ3n) is 6.65. The number of amides is 1. The Balaban J connectivity index is 1.55. The maximum absolute atomic E-state index is 12.7. The molecular weight excluding hydrogens is 460 g/mol. The predicted octanol–water partition coefficient (Wildman–Crippen LogP) is 1.91. The summed E-state index contributed by atoms with van der Waals surface area (Å²) in [7, 11) is 0. The van der Waals surface area contributed by atoms with E-state index in [-0.39, 0.29) is 23.2 Å². The normalized spacial score (nSPS) is 14.3. The van der Waals surface area contributed by atoms with E-state index in [2.05, 4.69) is 10.1 Å². The van der Waals surface area contributed by atoms with E-state index in [1.54, 1.807) is 17.3 Å². The molecule has 10 heteroatoms. The summed E-state index contributed by atoms with van der Waals surface area (Å²) in [6, 6.07) is 13.7. The molecule has 36 heavy (non-hydrogen) atoms. The number of carbonyl (C=O) groups is 2. The molecule has 0 bridgehead atoms. The van der Waals surface area contributed by atoms with Crippen LogP contribution in [0.4, 0.5) is 5.82 Å². The second-order valence-electron chi connectivity index (χ2n) is 8.74. The van der Waals surface area contributed by atoms with Crippen LogP contribution in [0, 0.1) is 0 Å². The summed E-state index contributed by atoms with van der Waals surface area (Å²) in [4.78, 5) is 35.6. The second kappa shape index (κ2) is 9.84. The molecule has 4 N–H and O–H groups in total. The van der Waals surface area contributed by atoms with E-state index >= 15 is 0 Å². The van der Waals surface area contributed by atoms with Gasteiger partial charge in [0.1, 0.15) is 19.0 Å². The Morgan fingerprint density at radius 3 is 2.36 bits per heavy atom. The van der Waals surface area contributed by atoms with E-state index in [9.17, 15) is 14.7 Å². The van der Waals surface area contributed by atoms with Crippen LogP contribution in [0.5, 0.6) is 0 Å². The van der Waals surface area contributed by atoms with Crippen LogP contribution in [-0.4, -0.2) is 72.7 Å².